The number of aromatic nitrogens is 1. The topological polar surface area (TPSA) is 48.1 Å². The highest BCUT2D eigenvalue weighted by Gasteiger charge is 2.15. The number of rotatable bonds is 5. The number of likely N-dealkylation sites (N-methyl/N-ethyl adjacent to an activating group) is 1. The zero-order valence-electron chi connectivity index (χ0n) is 16.1. The fourth-order valence-electron chi connectivity index (χ4n) is 3.61. The molecule has 0 fully saturated rings. The first-order valence-electron chi connectivity index (χ1n) is 9.52. The van der Waals surface area contributed by atoms with E-state index < -0.39 is 0 Å². The average molecular weight is 396 g/mol. The summed E-state index contributed by atoms with van der Waals surface area (Å²) in [4.78, 5) is 18.2. The monoisotopic (exact) mass is 395 g/mol. The Morgan fingerprint density at radius 1 is 1.18 bits per heavy atom. The highest BCUT2D eigenvalue weighted by atomic mass is 35.5. The second-order valence-electron chi connectivity index (χ2n) is 7.20. The summed E-state index contributed by atoms with van der Waals surface area (Å²) in [6.07, 6.45) is 6.24. The van der Waals surface area contributed by atoms with E-state index in [0.717, 1.165) is 36.8 Å². The SMILES string of the molecule is CN1CC=C(c2c[nH]c3ccc(C(=O)NCCc4ccccc4)cc23)CC1.Cl. The fourth-order valence-corrected chi connectivity index (χ4v) is 3.61. The summed E-state index contributed by atoms with van der Waals surface area (Å²) >= 11 is 0. The van der Waals surface area contributed by atoms with Crippen LogP contribution in [0.25, 0.3) is 16.5 Å². The molecular formula is C23H26ClN3O. The summed E-state index contributed by atoms with van der Waals surface area (Å²) < 4.78 is 0. The van der Waals surface area contributed by atoms with Crippen LogP contribution in [-0.4, -0.2) is 42.5 Å². The third-order valence-electron chi connectivity index (χ3n) is 5.24. The molecule has 0 bridgehead atoms. The van der Waals surface area contributed by atoms with Gasteiger partial charge in [0.2, 0.25) is 0 Å². The second-order valence-corrected chi connectivity index (χ2v) is 7.20. The van der Waals surface area contributed by atoms with Gasteiger partial charge in [-0.2, -0.15) is 0 Å². The van der Waals surface area contributed by atoms with Crippen molar-refractivity contribution in [2.75, 3.05) is 26.7 Å². The number of fused-ring (bicyclic) bond motifs is 1. The number of benzene rings is 2. The quantitative estimate of drug-likeness (QED) is 0.677. The average Bonchev–Trinajstić information content (AvgIpc) is 3.12. The van der Waals surface area contributed by atoms with Crippen LogP contribution in [0, 0.1) is 0 Å². The molecule has 0 aliphatic carbocycles. The van der Waals surface area contributed by atoms with Gasteiger partial charge in [-0.25, -0.2) is 0 Å². The Bertz CT molecular complexity index is 978. The van der Waals surface area contributed by atoms with Gasteiger partial charge in [0.05, 0.1) is 0 Å². The molecule has 1 aromatic heterocycles. The van der Waals surface area contributed by atoms with Crippen LogP contribution in [0.2, 0.25) is 0 Å². The van der Waals surface area contributed by atoms with Crippen molar-refractivity contribution in [2.24, 2.45) is 0 Å². The number of nitrogens with one attached hydrogen (secondary N) is 2. The maximum Gasteiger partial charge on any atom is 0.251 e. The molecule has 0 saturated carbocycles. The highest BCUT2D eigenvalue weighted by Crippen LogP contribution is 2.29. The van der Waals surface area contributed by atoms with Gasteiger partial charge < -0.3 is 15.2 Å². The number of carbonyl (C=O) groups excluding carboxylic acids is 1. The molecule has 0 radical (unpaired) electrons. The third-order valence-corrected chi connectivity index (χ3v) is 5.24. The summed E-state index contributed by atoms with van der Waals surface area (Å²) in [5, 5.41) is 4.17. The molecule has 4 nitrogen and oxygen atoms in total. The summed E-state index contributed by atoms with van der Waals surface area (Å²) in [7, 11) is 2.14. The lowest BCUT2D eigenvalue weighted by Gasteiger charge is -2.21. The largest absolute Gasteiger partial charge is 0.361 e. The maximum absolute atomic E-state index is 12.6. The highest BCUT2D eigenvalue weighted by molar-refractivity contribution is 6.01. The van der Waals surface area contributed by atoms with Crippen molar-refractivity contribution in [1.29, 1.82) is 0 Å². The first-order chi connectivity index (χ1) is 13.2. The summed E-state index contributed by atoms with van der Waals surface area (Å²) in [6.45, 7) is 2.68. The van der Waals surface area contributed by atoms with E-state index in [0.29, 0.717) is 12.1 Å². The second kappa shape index (κ2) is 9.09. The van der Waals surface area contributed by atoms with Crippen LogP contribution in [0.1, 0.15) is 27.9 Å². The summed E-state index contributed by atoms with van der Waals surface area (Å²) in [5.41, 5.74) is 5.60. The molecule has 1 amide bonds. The van der Waals surface area contributed by atoms with Gasteiger partial charge in [-0.3, -0.25) is 4.79 Å². The Morgan fingerprint density at radius 3 is 2.75 bits per heavy atom. The van der Waals surface area contributed by atoms with Gasteiger partial charge in [-0.15, -0.1) is 12.4 Å². The van der Waals surface area contributed by atoms with Gasteiger partial charge in [-0.1, -0.05) is 36.4 Å². The van der Waals surface area contributed by atoms with Crippen molar-refractivity contribution in [3.63, 3.8) is 0 Å². The Morgan fingerprint density at radius 2 is 2.00 bits per heavy atom. The summed E-state index contributed by atoms with van der Waals surface area (Å²) in [6, 6.07) is 16.1. The van der Waals surface area contributed by atoms with Gasteiger partial charge in [0.1, 0.15) is 0 Å². The predicted molar refractivity (Wildman–Crippen MR) is 118 cm³/mol. The van der Waals surface area contributed by atoms with E-state index in [1.165, 1.54) is 16.7 Å². The van der Waals surface area contributed by atoms with Gasteiger partial charge >= 0.3 is 0 Å². The minimum atomic E-state index is -0.0164. The number of hydrogen-bond acceptors (Lipinski definition) is 2. The van der Waals surface area contributed by atoms with E-state index in [1.807, 2.05) is 36.4 Å². The molecule has 0 unspecified atom stereocenters. The zero-order chi connectivity index (χ0) is 18.6. The molecule has 2 aromatic carbocycles. The molecule has 1 aliphatic heterocycles. The first kappa shape index (κ1) is 20.2. The van der Waals surface area contributed by atoms with E-state index in [1.54, 1.807) is 0 Å². The van der Waals surface area contributed by atoms with Crippen LogP contribution in [0.4, 0.5) is 0 Å². The molecule has 28 heavy (non-hydrogen) atoms. The zero-order valence-corrected chi connectivity index (χ0v) is 16.9. The molecule has 0 spiro atoms. The van der Waals surface area contributed by atoms with Crippen LogP contribution in [0.3, 0.4) is 0 Å². The molecule has 3 aromatic rings. The van der Waals surface area contributed by atoms with Gasteiger partial charge in [0, 0.05) is 47.9 Å². The van der Waals surface area contributed by atoms with Crippen molar-refractivity contribution in [3.05, 3.63) is 77.5 Å². The minimum absolute atomic E-state index is 0. The lowest BCUT2D eigenvalue weighted by molar-refractivity contribution is 0.0954. The third kappa shape index (κ3) is 4.46. The Balaban J connectivity index is 0.00000225. The number of aromatic amines is 1. The number of hydrogen-bond donors (Lipinski definition) is 2. The number of amides is 1. The van der Waals surface area contributed by atoms with Crippen molar-refractivity contribution in [2.45, 2.75) is 12.8 Å². The lowest BCUT2D eigenvalue weighted by atomic mass is 9.98. The van der Waals surface area contributed by atoms with E-state index in [2.05, 4.69) is 46.7 Å². The van der Waals surface area contributed by atoms with E-state index >= 15 is 0 Å². The standard InChI is InChI=1S/C23H25N3O.ClH/c1-26-13-10-18(11-14-26)21-16-25-22-8-7-19(15-20(21)22)23(27)24-12-9-17-5-3-2-4-6-17;/h2-8,10,15-16,25H,9,11-14H2,1H3,(H,24,27);1H. The number of nitrogens with zero attached hydrogens (tertiary/aromatic N) is 1. The molecule has 2 N–H and O–H groups in total. The van der Waals surface area contributed by atoms with Gasteiger partial charge in [0.15, 0.2) is 0 Å². The predicted octanol–water partition coefficient (Wildman–Crippen LogP) is 4.28. The van der Waals surface area contributed by atoms with Crippen LogP contribution in [0.15, 0.2) is 60.8 Å². The summed E-state index contributed by atoms with van der Waals surface area (Å²) in [5.74, 6) is -0.0164. The van der Waals surface area contributed by atoms with Crippen molar-refractivity contribution in [1.82, 2.24) is 15.2 Å². The fraction of sp³-hybridized carbons (Fsp3) is 0.261. The van der Waals surface area contributed by atoms with Crippen LogP contribution in [-0.2, 0) is 6.42 Å². The Hall–Kier alpha value is -2.56. The smallest absolute Gasteiger partial charge is 0.251 e. The normalized spacial score (nSPS) is 14.4. The van der Waals surface area contributed by atoms with Crippen LogP contribution >= 0.6 is 12.4 Å². The van der Waals surface area contributed by atoms with Gasteiger partial charge in [0.25, 0.3) is 5.91 Å². The minimum Gasteiger partial charge on any atom is -0.361 e. The number of H-pyrrole nitrogens is 1. The molecule has 146 valence electrons. The molecule has 0 atom stereocenters. The molecule has 0 saturated heterocycles. The molecular weight excluding hydrogens is 370 g/mol. The van der Waals surface area contributed by atoms with Crippen molar-refractivity contribution in [3.8, 4) is 0 Å². The lowest BCUT2D eigenvalue weighted by Crippen LogP contribution is -2.25. The maximum atomic E-state index is 12.6. The van der Waals surface area contributed by atoms with Crippen LogP contribution < -0.4 is 5.32 Å². The molecule has 4 rings (SSSR count). The van der Waals surface area contributed by atoms with Crippen molar-refractivity contribution < 1.29 is 4.79 Å². The van der Waals surface area contributed by atoms with Gasteiger partial charge in [-0.05, 0) is 49.2 Å². The molecule has 5 heteroatoms. The Labute approximate surface area is 172 Å². The van der Waals surface area contributed by atoms with E-state index in [4.69, 9.17) is 0 Å². The first-order valence-corrected chi connectivity index (χ1v) is 9.52. The molecule has 1 aliphatic rings. The van der Waals surface area contributed by atoms with E-state index in [9.17, 15) is 4.79 Å². The van der Waals surface area contributed by atoms with Crippen LogP contribution in [0.5, 0.6) is 0 Å². The van der Waals surface area contributed by atoms with Crippen molar-refractivity contribution >= 4 is 34.8 Å². The molecule has 2 heterocycles. The number of carbonyl (C=O) groups is 1. The van der Waals surface area contributed by atoms with E-state index in [-0.39, 0.29) is 18.3 Å². The number of halogens is 1. The Kier molecular flexibility index (Phi) is 6.55.